The first-order valence-corrected chi connectivity index (χ1v) is 7.90. The predicted molar refractivity (Wildman–Crippen MR) is 97.8 cm³/mol. The van der Waals surface area contributed by atoms with Crippen molar-refractivity contribution in [2.75, 3.05) is 11.9 Å². The van der Waals surface area contributed by atoms with Crippen LogP contribution in [0.5, 0.6) is 0 Å². The van der Waals surface area contributed by atoms with Gasteiger partial charge in [-0.25, -0.2) is 0 Å². The number of aromatic amines is 1. The smallest absolute Gasteiger partial charge is 0.139 e. The van der Waals surface area contributed by atoms with E-state index in [2.05, 4.69) is 33.5 Å². The van der Waals surface area contributed by atoms with Gasteiger partial charge in [0.05, 0.1) is 18.3 Å². The second kappa shape index (κ2) is 9.22. The number of H-pyrrole nitrogens is 1. The minimum Gasteiger partial charge on any atom is -0.394 e. The molecule has 0 aliphatic carbocycles. The molecule has 1 aliphatic rings. The number of anilines is 1. The predicted octanol–water partition coefficient (Wildman–Crippen LogP) is -0.929. The first kappa shape index (κ1) is 19.8. The summed E-state index contributed by atoms with van der Waals surface area (Å²) in [7, 11) is 0. The van der Waals surface area contributed by atoms with Crippen LogP contribution in [0.2, 0.25) is 0 Å². The Morgan fingerprint density at radius 2 is 1.96 bits per heavy atom. The molecule has 0 saturated carbocycles. The van der Waals surface area contributed by atoms with Crippen molar-refractivity contribution >= 4 is 29.1 Å². The van der Waals surface area contributed by atoms with Crippen molar-refractivity contribution in [3.63, 3.8) is 0 Å². The van der Waals surface area contributed by atoms with Crippen LogP contribution >= 0.6 is 0 Å². The topological polar surface area (TPSA) is 164 Å². The fourth-order valence-corrected chi connectivity index (χ4v) is 2.35. The number of nitrogens with one attached hydrogen (secondary N) is 2. The highest BCUT2D eigenvalue weighted by Gasteiger charge is 2.28. The number of aliphatic hydroxyl groups is 4. The molecule has 0 radical (unpaired) electrons. The summed E-state index contributed by atoms with van der Waals surface area (Å²) in [6.45, 7) is -0.705. The van der Waals surface area contributed by atoms with E-state index >= 15 is 0 Å². The molecule has 2 aromatic rings. The minimum absolute atomic E-state index is 0.248. The number of fused-ring (bicyclic) bond motifs is 3. The summed E-state index contributed by atoms with van der Waals surface area (Å²) in [5.74, 6) is 0. The second-order valence-electron chi connectivity index (χ2n) is 5.65. The van der Waals surface area contributed by atoms with Gasteiger partial charge in [0, 0.05) is 41.3 Å². The molecule has 0 spiro atoms. The lowest BCUT2D eigenvalue weighted by Crippen LogP contribution is -2.49. The van der Waals surface area contributed by atoms with Crippen molar-refractivity contribution in [3.05, 3.63) is 42.4 Å². The lowest BCUT2D eigenvalue weighted by molar-refractivity contribution is -0.118. The summed E-state index contributed by atoms with van der Waals surface area (Å²) in [6, 6.07) is 4.92. The normalized spacial score (nSPS) is 17.1. The van der Waals surface area contributed by atoms with Gasteiger partial charge in [-0.2, -0.15) is 0 Å². The number of nitrogens with zero attached hydrogens (tertiary/aromatic N) is 1. The van der Waals surface area contributed by atoms with Crippen LogP contribution < -0.4 is 11.1 Å². The maximum Gasteiger partial charge on any atom is 0.139 e. The van der Waals surface area contributed by atoms with E-state index in [1.807, 2.05) is 18.6 Å². The Kier molecular flexibility index (Phi) is 7.01. The van der Waals surface area contributed by atoms with Crippen LogP contribution in [0.25, 0.3) is 10.9 Å². The van der Waals surface area contributed by atoms with Crippen LogP contribution in [0.1, 0.15) is 5.56 Å². The first-order chi connectivity index (χ1) is 12.5. The summed E-state index contributed by atoms with van der Waals surface area (Å²) in [5, 5.41) is 39.6. The van der Waals surface area contributed by atoms with Crippen LogP contribution in [-0.4, -0.2) is 68.9 Å². The average molecular weight is 362 g/mol. The van der Waals surface area contributed by atoms with E-state index in [1.165, 1.54) is 5.39 Å². The lowest BCUT2D eigenvalue weighted by atomic mass is 10.0. The van der Waals surface area contributed by atoms with Gasteiger partial charge in [-0.05, 0) is 18.2 Å². The molecule has 0 saturated heterocycles. The van der Waals surface area contributed by atoms with Crippen LogP contribution in [0, 0.1) is 0 Å². The van der Waals surface area contributed by atoms with Crippen LogP contribution in [0.3, 0.4) is 0 Å². The second-order valence-corrected chi connectivity index (χ2v) is 5.65. The zero-order valence-corrected chi connectivity index (χ0v) is 13.9. The standard InChI is InChI=1S/C11H9N3.C6H13NO5/c1-2-10-9(3-4-13-10)11-8(1)7-12-5-6-14-11;7-3(1-8)5(11)6(12)4(10)2-9/h1-7,13-14H;1,3-6,9-12H,2,7H2/t;3-,4+,5+,6+/m.0/s1. The highest BCUT2D eigenvalue weighted by Crippen LogP contribution is 2.26. The molecule has 140 valence electrons. The Balaban J connectivity index is 0.000000191. The Morgan fingerprint density at radius 3 is 2.65 bits per heavy atom. The zero-order valence-electron chi connectivity index (χ0n) is 13.9. The molecule has 1 aromatic carbocycles. The molecule has 1 aliphatic heterocycles. The zero-order chi connectivity index (χ0) is 19.1. The number of carbonyl (C=O) groups is 1. The molecule has 3 rings (SSSR count). The highest BCUT2D eigenvalue weighted by molar-refractivity contribution is 6.03. The van der Waals surface area contributed by atoms with Crippen molar-refractivity contribution in [1.82, 2.24) is 4.98 Å². The van der Waals surface area contributed by atoms with Crippen molar-refractivity contribution in [2.45, 2.75) is 24.4 Å². The van der Waals surface area contributed by atoms with E-state index in [0.29, 0.717) is 0 Å². The Labute approximate surface area is 149 Å². The Hall–Kier alpha value is -2.56. The number of hydrogen-bond acceptors (Lipinski definition) is 8. The molecule has 0 bridgehead atoms. The number of benzene rings is 1. The number of aliphatic imine (C=N–C) groups is 1. The molecular weight excluding hydrogens is 340 g/mol. The van der Waals surface area contributed by atoms with E-state index < -0.39 is 31.0 Å². The van der Waals surface area contributed by atoms with Gasteiger partial charge < -0.3 is 41.3 Å². The molecule has 9 nitrogen and oxygen atoms in total. The summed E-state index contributed by atoms with van der Waals surface area (Å²) in [5.41, 5.74) is 8.40. The number of hydrogen-bond donors (Lipinski definition) is 7. The molecule has 8 N–H and O–H groups in total. The van der Waals surface area contributed by atoms with Gasteiger partial charge in [-0.1, -0.05) is 0 Å². The van der Waals surface area contributed by atoms with Crippen LogP contribution in [0.15, 0.2) is 41.8 Å². The Morgan fingerprint density at radius 1 is 1.19 bits per heavy atom. The number of aliphatic hydroxyl groups excluding tert-OH is 4. The van der Waals surface area contributed by atoms with Gasteiger partial charge >= 0.3 is 0 Å². The molecule has 0 unspecified atom stereocenters. The third-order valence-corrected chi connectivity index (χ3v) is 3.85. The van der Waals surface area contributed by atoms with Gasteiger partial charge in [0.1, 0.15) is 24.6 Å². The molecule has 1 aromatic heterocycles. The Bertz CT molecular complexity index is 789. The van der Waals surface area contributed by atoms with Gasteiger partial charge in [0.15, 0.2) is 0 Å². The molecule has 9 heteroatoms. The average Bonchev–Trinajstić information content (AvgIpc) is 3.03. The van der Waals surface area contributed by atoms with Gasteiger partial charge in [0.2, 0.25) is 0 Å². The van der Waals surface area contributed by atoms with Crippen molar-refractivity contribution in [3.8, 4) is 0 Å². The largest absolute Gasteiger partial charge is 0.394 e. The van der Waals surface area contributed by atoms with Crippen LogP contribution in [-0.2, 0) is 4.79 Å². The third-order valence-electron chi connectivity index (χ3n) is 3.85. The van der Waals surface area contributed by atoms with E-state index in [9.17, 15) is 4.79 Å². The summed E-state index contributed by atoms with van der Waals surface area (Å²) in [6.07, 6.45) is 2.97. The number of rotatable bonds is 5. The summed E-state index contributed by atoms with van der Waals surface area (Å²) in [4.78, 5) is 17.3. The third kappa shape index (κ3) is 4.54. The van der Waals surface area contributed by atoms with Gasteiger partial charge in [0.25, 0.3) is 0 Å². The fraction of sp³-hybridized carbons (Fsp3) is 0.294. The number of carbonyl (C=O) groups excluding carboxylic acids is 1. The summed E-state index contributed by atoms with van der Waals surface area (Å²) < 4.78 is 0. The molecule has 26 heavy (non-hydrogen) atoms. The summed E-state index contributed by atoms with van der Waals surface area (Å²) >= 11 is 0. The monoisotopic (exact) mass is 362 g/mol. The molecule has 0 amide bonds. The molecular formula is C17H22N4O5. The highest BCUT2D eigenvalue weighted by atomic mass is 16.4. The molecule has 2 heterocycles. The lowest BCUT2D eigenvalue weighted by Gasteiger charge is -2.23. The maximum absolute atomic E-state index is 10.0. The van der Waals surface area contributed by atoms with Crippen molar-refractivity contribution in [2.24, 2.45) is 10.7 Å². The van der Waals surface area contributed by atoms with E-state index in [0.717, 1.165) is 16.8 Å². The quantitative estimate of drug-likeness (QED) is 0.338. The fourth-order valence-electron chi connectivity index (χ4n) is 2.35. The SMILES string of the molecule is C1=CNc2c(ccc3[nH]ccc23)C=N1.N[C@@H](C=O)[C@@H](O)[C@H](O)[C@H](O)CO. The first-order valence-electron chi connectivity index (χ1n) is 7.90. The minimum atomic E-state index is -1.62. The van der Waals surface area contributed by atoms with E-state index in [-0.39, 0.29) is 6.29 Å². The van der Waals surface area contributed by atoms with E-state index in [4.69, 9.17) is 26.2 Å². The van der Waals surface area contributed by atoms with E-state index in [1.54, 1.807) is 6.20 Å². The number of aromatic nitrogens is 1. The van der Waals surface area contributed by atoms with Crippen molar-refractivity contribution < 1.29 is 25.2 Å². The van der Waals surface area contributed by atoms with Crippen LogP contribution in [0.4, 0.5) is 5.69 Å². The molecule has 0 fully saturated rings. The maximum atomic E-state index is 10.0. The van der Waals surface area contributed by atoms with Gasteiger partial charge in [-0.3, -0.25) is 4.99 Å². The number of aldehydes is 1. The molecule has 4 atom stereocenters. The van der Waals surface area contributed by atoms with Gasteiger partial charge in [-0.15, -0.1) is 0 Å². The number of nitrogens with two attached hydrogens (primary N) is 1. The van der Waals surface area contributed by atoms with Crippen molar-refractivity contribution in [1.29, 1.82) is 0 Å².